The van der Waals surface area contributed by atoms with Crippen molar-refractivity contribution in [3.05, 3.63) is 70.3 Å². The molecule has 1 N–H and O–H groups in total. The van der Waals surface area contributed by atoms with Gasteiger partial charge in [0, 0.05) is 19.0 Å². The lowest BCUT2D eigenvalue weighted by Crippen LogP contribution is -2.30. The number of benzene rings is 2. The molecule has 1 fully saturated rings. The first kappa shape index (κ1) is 21.3. The number of hydrogen-bond acceptors (Lipinski definition) is 5. The third-order valence-electron chi connectivity index (χ3n) is 5.11. The molecule has 1 aliphatic heterocycles. The van der Waals surface area contributed by atoms with Gasteiger partial charge in [0.15, 0.2) is 0 Å². The van der Waals surface area contributed by atoms with Crippen molar-refractivity contribution in [1.29, 1.82) is 0 Å². The highest BCUT2D eigenvalue weighted by Crippen LogP contribution is 2.40. The van der Waals surface area contributed by atoms with Crippen LogP contribution in [0.2, 0.25) is 0 Å². The molecule has 0 bridgehead atoms. The smallest absolute Gasteiger partial charge is 0.308 e. The molecule has 1 heterocycles. The number of aliphatic hydroxyl groups excluding tert-OH is 1. The van der Waals surface area contributed by atoms with Crippen molar-refractivity contribution in [2.45, 2.75) is 40.2 Å². The Bertz CT molecular complexity index is 1040. The summed E-state index contributed by atoms with van der Waals surface area (Å²) in [7, 11) is 0. The Morgan fingerprint density at radius 2 is 1.77 bits per heavy atom. The molecule has 1 saturated heterocycles. The molecular formula is C24H25NO5. The van der Waals surface area contributed by atoms with E-state index in [1.807, 2.05) is 32.9 Å². The third kappa shape index (κ3) is 3.99. The molecule has 0 aromatic heterocycles. The van der Waals surface area contributed by atoms with Gasteiger partial charge >= 0.3 is 5.97 Å². The highest BCUT2D eigenvalue weighted by Gasteiger charge is 2.45. The Morgan fingerprint density at radius 3 is 2.37 bits per heavy atom. The van der Waals surface area contributed by atoms with Crippen LogP contribution in [0.3, 0.4) is 0 Å². The summed E-state index contributed by atoms with van der Waals surface area (Å²) in [4.78, 5) is 38.3. The van der Waals surface area contributed by atoms with Crippen LogP contribution in [-0.4, -0.2) is 34.2 Å². The maximum atomic E-state index is 12.9. The Balaban J connectivity index is 2.16. The summed E-state index contributed by atoms with van der Waals surface area (Å²) in [6.07, 6.45) is 0.665. The molecule has 6 heteroatoms. The van der Waals surface area contributed by atoms with Crippen LogP contribution in [0.25, 0.3) is 5.76 Å². The highest BCUT2D eigenvalue weighted by molar-refractivity contribution is 6.46. The molecule has 1 atom stereocenters. The Hall–Kier alpha value is -3.41. The molecule has 0 radical (unpaired) electrons. The number of hydrogen-bond donors (Lipinski definition) is 1. The Kier molecular flexibility index (Phi) is 6.06. The fourth-order valence-corrected chi connectivity index (χ4v) is 3.72. The number of aliphatic hydroxyl groups is 1. The molecule has 2 aromatic rings. The van der Waals surface area contributed by atoms with E-state index in [9.17, 15) is 19.5 Å². The summed E-state index contributed by atoms with van der Waals surface area (Å²) in [5, 5.41) is 11.1. The number of likely N-dealkylation sites (tertiary alicyclic amines) is 1. The molecule has 0 saturated carbocycles. The molecular weight excluding hydrogens is 382 g/mol. The van der Waals surface area contributed by atoms with E-state index in [4.69, 9.17) is 4.74 Å². The fraction of sp³-hybridized carbons (Fsp3) is 0.292. The van der Waals surface area contributed by atoms with Gasteiger partial charge < -0.3 is 14.7 Å². The Morgan fingerprint density at radius 1 is 1.10 bits per heavy atom. The largest absolute Gasteiger partial charge is 0.507 e. The minimum atomic E-state index is -0.712. The average molecular weight is 407 g/mol. The van der Waals surface area contributed by atoms with Gasteiger partial charge in [0.2, 0.25) is 0 Å². The minimum Gasteiger partial charge on any atom is -0.507 e. The number of nitrogens with zero attached hydrogens (tertiary/aromatic N) is 1. The molecule has 0 spiro atoms. The number of rotatable bonds is 5. The summed E-state index contributed by atoms with van der Waals surface area (Å²) < 4.78 is 5.07. The monoisotopic (exact) mass is 407 g/mol. The van der Waals surface area contributed by atoms with Crippen LogP contribution in [0.4, 0.5) is 0 Å². The molecule has 156 valence electrons. The maximum Gasteiger partial charge on any atom is 0.308 e. The summed E-state index contributed by atoms with van der Waals surface area (Å²) in [5.74, 6) is -1.57. The molecule has 1 amide bonds. The molecule has 30 heavy (non-hydrogen) atoms. The first-order valence-electron chi connectivity index (χ1n) is 9.89. The number of ketones is 1. The maximum absolute atomic E-state index is 12.9. The number of aryl methyl sites for hydroxylation is 2. The van der Waals surface area contributed by atoms with E-state index < -0.39 is 23.7 Å². The number of ether oxygens (including phenoxy) is 1. The van der Waals surface area contributed by atoms with E-state index in [1.54, 1.807) is 30.3 Å². The highest BCUT2D eigenvalue weighted by atomic mass is 16.5. The second-order valence-corrected chi connectivity index (χ2v) is 7.47. The van der Waals surface area contributed by atoms with E-state index in [2.05, 4.69) is 0 Å². The zero-order valence-electron chi connectivity index (χ0n) is 17.6. The van der Waals surface area contributed by atoms with Crippen LogP contribution in [-0.2, 0) is 14.4 Å². The first-order chi connectivity index (χ1) is 14.2. The van der Waals surface area contributed by atoms with Crippen LogP contribution >= 0.6 is 0 Å². The summed E-state index contributed by atoms with van der Waals surface area (Å²) in [6.45, 7) is 7.36. The van der Waals surface area contributed by atoms with Crippen LogP contribution in [0.5, 0.6) is 5.75 Å². The van der Waals surface area contributed by atoms with Gasteiger partial charge in [-0.15, -0.1) is 0 Å². The topological polar surface area (TPSA) is 83.9 Å². The van der Waals surface area contributed by atoms with E-state index in [0.29, 0.717) is 29.8 Å². The van der Waals surface area contributed by atoms with Crippen LogP contribution in [0.15, 0.2) is 48.0 Å². The standard InChI is InChI=1S/C24H25NO5/c1-5-12-25-21(17-8-10-18(11-9-17)30-16(4)26)20(23(28)24(25)29)22(27)19-13-14(2)6-7-15(19)3/h6-11,13,21,27H,5,12H2,1-4H3/b22-20+. The minimum absolute atomic E-state index is 0.0717. The normalized spacial score (nSPS) is 18.0. The number of esters is 1. The number of carbonyl (C=O) groups excluding carboxylic acids is 3. The zero-order valence-corrected chi connectivity index (χ0v) is 17.6. The van der Waals surface area contributed by atoms with Gasteiger partial charge in [-0.25, -0.2) is 0 Å². The lowest BCUT2D eigenvalue weighted by molar-refractivity contribution is -0.139. The van der Waals surface area contributed by atoms with Crippen molar-refractivity contribution >= 4 is 23.4 Å². The van der Waals surface area contributed by atoms with Gasteiger partial charge in [-0.2, -0.15) is 0 Å². The van der Waals surface area contributed by atoms with Gasteiger partial charge in [0.25, 0.3) is 11.7 Å². The van der Waals surface area contributed by atoms with Gasteiger partial charge in [0.1, 0.15) is 11.5 Å². The van der Waals surface area contributed by atoms with Crippen LogP contribution in [0, 0.1) is 13.8 Å². The second-order valence-electron chi connectivity index (χ2n) is 7.47. The lowest BCUT2D eigenvalue weighted by atomic mass is 9.93. The molecule has 2 aromatic carbocycles. The van der Waals surface area contributed by atoms with Crippen LogP contribution in [0.1, 0.15) is 48.6 Å². The van der Waals surface area contributed by atoms with Gasteiger partial charge in [-0.05, 0) is 49.6 Å². The van der Waals surface area contributed by atoms with Gasteiger partial charge in [0.05, 0.1) is 11.6 Å². The predicted molar refractivity (Wildman–Crippen MR) is 113 cm³/mol. The molecule has 1 unspecified atom stereocenters. The van der Waals surface area contributed by atoms with Crippen molar-refractivity contribution in [3.8, 4) is 5.75 Å². The number of amides is 1. The van der Waals surface area contributed by atoms with E-state index in [1.165, 1.54) is 11.8 Å². The first-order valence-corrected chi connectivity index (χ1v) is 9.89. The van der Waals surface area contributed by atoms with Crippen LogP contribution < -0.4 is 4.74 Å². The van der Waals surface area contributed by atoms with Crippen molar-refractivity contribution in [2.75, 3.05) is 6.54 Å². The second kappa shape index (κ2) is 8.53. The number of Topliss-reactive ketones (excluding diaryl/α,β-unsaturated/α-hetero) is 1. The van der Waals surface area contributed by atoms with Crippen molar-refractivity contribution in [1.82, 2.24) is 4.90 Å². The molecule has 0 aliphatic carbocycles. The third-order valence-corrected chi connectivity index (χ3v) is 5.11. The summed E-state index contributed by atoms with van der Waals surface area (Å²) >= 11 is 0. The van der Waals surface area contributed by atoms with E-state index in [-0.39, 0.29) is 11.3 Å². The lowest BCUT2D eigenvalue weighted by Gasteiger charge is -2.25. The Labute approximate surface area is 175 Å². The zero-order chi connectivity index (χ0) is 22.0. The van der Waals surface area contributed by atoms with Crippen molar-refractivity contribution < 1.29 is 24.2 Å². The average Bonchev–Trinajstić information content (AvgIpc) is 2.95. The van der Waals surface area contributed by atoms with E-state index >= 15 is 0 Å². The van der Waals surface area contributed by atoms with Gasteiger partial charge in [-0.3, -0.25) is 14.4 Å². The summed E-state index contributed by atoms with van der Waals surface area (Å²) in [5.41, 5.74) is 3.01. The van der Waals surface area contributed by atoms with Gasteiger partial charge in [-0.1, -0.05) is 36.8 Å². The van der Waals surface area contributed by atoms with E-state index in [0.717, 1.165) is 11.1 Å². The molecule has 1 aliphatic rings. The predicted octanol–water partition coefficient (Wildman–Crippen LogP) is 4.06. The molecule has 6 nitrogen and oxygen atoms in total. The SMILES string of the molecule is CCCN1C(=O)C(=O)/C(=C(/O)c2cc(C)ccc2C)C1c1ccc(OC(C)=O)cc1. The summed E-state index contributed by atoms with van der Waals surface area (Å²) in [6, 6.07) is 11.5. The quantitative estimate of drug-likeness (QED) is 0.266. The number of carbonyl (C=O) groups is 3. The van der Waals surface area contributed by atoms with Crippen molar-refractivity contribution in [2.24, 2.45) is 0 Å². The van der Waals surface area contributed by atoms with Crippen molar-refractivity contribution in [3.63, 3.8) is 0 Å². The molecule has 3 rings (SSSR count). The fourth-order valence-electron chi connectivity index (χ4n) is 3.72.